The molecule has 0 unspecified atom stereocenters. The summed E-state index contributed by atoms with van der Waals surface area (Å²) in [6.45, 7) is 4.54. The number of carbonyl (C=O) groups is 1. The highest BCUT2D eigenvalue weighted by atomic mass is 16.4. The molecule has 1 aromatic heterocycles. The van der Waals surface area contributed by atoms with E-state index >= 15 is 0 Å². The second-order valence-corrected chi connectivity index (χ2v) is 7.47. The van der Waals surface area contributed by atoms with Crippen LogP contribution in [0.2, 0.25) is 0 Å². The maximum Gasteiger partial charge on any atom is 0.335 e. The smallest absolute Gasteiger partial charge is 0.335 e. The van der Waals surface area contributed by atoms with Crippen molar-refractivity contribution in [3.8, 4) is 22.4 Å². The lowest BCUT2D eigenvalue weighted by molar-refractivity contribution is 0.0697. The highest BCUT2D eigenvalue weighted by Gasteiger charge is 2.17. The number of rotatable bonds is 6. The van der Waals surface area contributed by atoms with Crippen LogP contribution in [-0.4, -0.2) is 29.1 Å². The van der Waals surface area contributed by atoms with Crippen LogP contribution >= 0.6 is 0 Å². The Morgan fingerprint density at radius 1 is 1.07 bits per heavy atom. The van der Waals surface area contributed by atoms with Crippen LogP contribution in [0.5, 0.6) is 0 Å². The van der Waals surface area contributed by atoms with E-state index < -0.39 is 5.97 Å². The van der Waals surface area contributed by atoms with Gasteiger partial charge in [-0.2, -0.15) is 0 Å². The zero-order valence-electron chi connectivity index (χ0n) is 16.2. The minimum Gasteiger partial charge on any atom is -0.478 e. The summed E-state index contributed by atoms with van der Waals surface area (Å²) < 4.78 is 0. The van der Waals surface area contributed by atoms with Gasteiger partial charge in [0.1, 0.15) is 0 Å². The van der Waals surface area contributed by atoms with E-state index in [0.29, 0.717) is 5.56 Å². The van der Waals surface area contributed by atoms with Crippen molar-refractivity contribution < 1.29 is 9.90 Å². The minimum absolute atomic E-state index is 0.307. The number of unbranched alkanes of at least 4 members (excludes halogenated alkanes) is 1. The molecule has 2 N–H and O–H groups in total. The lowest BCUT2D eigenvalue weighted by Crippen LogP contribution is -2.30. The molecule has 0 amide bonds. The predicted octanol–water partition coefficient (Wildman–Crippen LogP) is 5.60. The number of benzene rings is 2. The first-order valence-corrected chi connectivity index (χ1v) is 10.1. The summed E-state index contributed by atoms with van der Waals surface area (Å²) >= 11 is 0. The van der Waals surface area contributed by atoms with Crippen LogP contribution in [0.1, 0.15) is 42.1 Å². The lowest BCUT2D eigenvalue weighted by Gasteiger charge is -2.31. The van der Waals surface area contributed by atoms with Crippen LogP contribution < -0.4 is 4.90 Å². The van der Waals surface area contributed by atoms with Gasteiger partial charge in [0.2, 0.25) is 0 Å². The average Bonchev–Trinajstić information content (AvgIpc) is 3.22. The Kier molecular flexibility index (Phi) is 5.20. The third-order valence-electron chi connectivity index (χ3n) is 5.54. The first-order chi connectivity index (χ1) is 13.7. The van der Waals surface area contributed by atoms with Crippen LogP contribution in [0.15, 0.2) is 54.7 Å². The van der Waals surface area contributed by atoms with Crippen molar-refractivity contribution in [2.24, 2.45) is 0 Å². The van der Waals surface area contributed by atoms with Crippen LogP contribution in [0.25, 0.3) is 22.4 Å². The molecule has 0 saturated carbocycles. The molecule has 2 aromatic carbocycles. The molecule has 4 nitrogen and oxygen atoms in total. The maximum absolute atomic E-state index is 11.0. The number of aromatic carboxylic acids is 1. The zero-order valence-corrected chi connectivity index (χ0v) is 16.2. The number of H-pyrrole nitrogens is 1. The number of hydrogen-bond acceptors (Lipinski definition) is 2. The number of aromatic amines is 1. The molecule has 0 atom stereocenters. The van der Waals surface area contributed by atoms with E-state index in [-0.39, 0.29) is 0 Å². The monoisotopic (exact) mass is 374 g/mol. The predicted molar refractivity (Wildman–Crippen MR) is 114 cm³/mol. The first-order valence-electron chi connectivity index (χ1n) is 10.1. The Balaban J connectivity index is 1.58. The van der Waals surface area contributed by atoms with Crippen LogP contribution in [-0.2, 0) is 6.42 Å². The Bertz CT molecular complexity index is 973. The molecule has 0 spiro atoms. The second kappa shape index (κ2) is 7.93. The summed E-state index contributed by atoms with van der Waals surface area (Å²) in [5.74, 6) is -0.900. The molecule has 0 aliphatic carbocycles. The summed E-state index contributed by atoms with van der Waals surface area (Å²) in [7, 11) is 0. The van der Waals surface area contributed by atoms with Crippen LogP contribution in [0.3, 0.4) is 0 Å². The van der Waals surface area contributed by atoms with Crippen LogP contribution in [0, 0.1) is 0 Å². The molecule has 0 saturated heterocycles. The third-order valence-corrected chi connectivity index (χ3v) is 5.54. The first kappa shape index (κ1) is 18.4. The van der Waals surface area contributed by atoms with Gasteiger partial charge < -0.3 is 15.0 Å². The standard InChI is InChI=1S/C24H26N2O2/c1-2-3-12-26-13-4-5-20-14-19(10-11-23(20)26)22-15-21(16-25-22)17-6-8-18(9-7-17)24(27)28/h6-11,14-16,25H,2-5,12-13H2,1H3,(H,27,28). The number of carboxylic acids is 1. The molecular weight excluding hydrogens is 348 g/mol. The van der Waals surface area contributed by atoms with Crippen molar-refractivity contribution in [3.63, 3.8) is 0 Å². The molecule has 0 bridgehead atoms. The Hall–Kier alpha value is -3.01. The Morgan fingerprint density at radius 3 is 2.61 bits per heavy atom. The van der Waals surface area contributed by atoms with Crippen molar-refractivity contribution in [3.05, 3.63) is 65.9 Å². The van der Waals surface area contributed by atoms with Crippen molar-refractivity contribution >= 4 is 11.7 Å². The quantitative estimate of drug-likeness (QED) is 0.590. The third kappa shape index (κ3) is 3.68. The SMILES string of the molecule is CCCCN1CCCc2cc(-c3cc(-c4ccc(C(=O)O)cc4)c[nH]3)ccc21. The van der Waals surface area contributed by atoms with Gasteiger partial charge in [-0.1, -0.05) is 31.5 Å². The fraction of sp³-hybridized carbons (Fsp3) is 0.292. The maximum atomic E-state index is 11.0. The van der Waals surface area contributed by atoms with Gasteiger partial charge in [0, 0.05) is 30.7 Å². The van der Waals surface area contributed by atoms with E-state index in [0.717, 1.165) is 36.3 Å². The topological polar surface area (TPSA) is 56.3 Å². The van der Waals surface area contributed by atoms with Crippen LogP contribution in [0.4, 0.5) is 5.69 Å². The molecule has 1 aliphatic rings. The van der Waals surface area contributed by atoms with Gasteiger partial charge in [-0.05, 0) is 71.8 Å². The van der Waals surface area contributed by atoms with Crippen molar-refractivity contribution in [2.45, 2.75) is 32.6 Å². The fourth-order valence-corrected chi connectivity index (χ4v) is 3.96. The normalized spacial score (nSPS) is 13.4. The molecular formula is C24H26N2O2. The molecule has 1 aliphatic heterocycles. The van der Waals surface area contributed by atoms with Gasteiger partial charge >= 0.3 is 5.97 Å². The van der Waals surface area contributed by atoms with E-state index in [2.05, 4.69) is 41.1 Å². The van der Waals surface area contributed by atoms with Gasteiger partial charge in [-0.15, -0.1) is 0 Å². The van der Waals surface area contributed by atoms with Gasteiger partial charge in [-0.25, -0.2) is 4.79 Å². The summed E-state index contributed by atoms with van der Waals surface area (Å²) in [6.07, 6.45) is 6.80. The lowest BCUT2D eigenvalue weighted by atomic mass is 9.97. The van der Waals surface area contributed by atoms with Gasteiger partial charge in [0.25, 0.3) is 0 Å². The molecule has 4 heteroatoms. The number of hydrogen-bond donors (Lipinski definition) is 2. The number of aromatic nitrogens is 1. The molecule has 2 heterocycles. The molecule has 4 rings (SSSR count). The molecule has 0 radical (unpaired) electrons. The number of nitrogens with one attached hydrogen (secondary N) is 1. The van der Waals surface area contributed by atoms with E-state index in [1.165, 1.54) is 36.1 Å². The van der Waals surface area contributed by atoms with Gasteiger partial charge in [0.05, 0.1) is 5.56 Å². The summed E-state index contributed by atoms with van der Waals surface area (Å²) in [5, 5.41) is 9.05. The Morgan fingerprint density at radius 2 is 1.86 bits per heavy atom. The number of anilines is 1. The number of nitrogens with zero attached hydrogens (tertiary/aromatic N) is 1. The number of aryl methyl sites for hydroxylation is 1. The largest absolute Gasteiger partial charge is 0.478 e. The average molecular weight is 374 g/mol. The molecule has 28 heavy (non-hydrogen) atoms. The number of fused-ring (bicyclic) bond motifs is 1. The van der Waals surface area contributed by atoms with Crippen molar-refractivity contribution in [1.82, 2.24) is 4.98 Å². The van der Waals surface area contributed by atoms with Gasteiger partial charge in [-0.3, -0.25) is 0 Å². The van der Waals surface area contributed by atoms with Crippen molar-refractivity contribution in [1.29, 1.82) is 0 Å². The van der Waals surface area contributed by atoms with E-state index in [9.17, 15) is 4.79 Å². The summed E-state index contributed by atoms with van der Waals surface area (Å²) in [4.78, 5) is 16.9. The van der Waals surface area contributed by atoms with E-state index in [1.807, 2.05) is 18.3 Å². The summed E-state index contributed by atoms with van der Waals surface area (Å²) in [5.41, 5.74) is 7.49. The highest BCUT2D eigenvalue weighted by molar-refractivity contribution is 5.88. The molecule has 0 fully saturated rings. The molecule has 3 aromatic rings. The highest BCUT2D eigenvalue weighted by Crippen LogP contribution is 2.33. The molecule has 144 valence electrons. The number of carboxylic acid groups (broad SMARTS) is 1. The van der Waals surface area contributed by atoms with Crippen molar-refractivity contribution in [2.75, 3.05) is 18.0 Å². The van der Waals surface area contributed by atoms with E-state index in [1.54, 1.807) is 12.1 Å². The van der Waals surface area contributed by atoms with E-state index in [4.69, 9.17) is 5.11 Å². The fourth-order valence-electron chi connectivity index (χ4n) is 3.96. The minimum atomic E-state index is -0.900. The Labute approximate surface area is 165 Å². The van der Waals surface area contributed by atoms with Gasteiger partial charge in [0.15, 0.2) is 0 Å². The summed E-state index contributed by atoms with van der Waals surface area (Å²) in [6, 6.07) is 15.9. The second-order valence-electron chi connectivity index (χ2n) is 7.47. The zero-order chi connectivity index (χ0) is 19.5.